The molecule has 0 aromatic heterocycles. The number of hydrogen-bond acceptors (Lipinski definition) is 4. The van der Waals surface area contributed by atoms with Crippen LogP contribution in [-0.4, -0.2) is 24.1 Å². The van der Waals surface area contributed by atoms with E-state index in [1.165, 1.54) is 5.56 Å². The van der Waals surface area contributed by atoms with Gasteiger partial charge in [-0.15, -0.1) is 11.8 Å². The molecule has 0 saturated carbocycles. The third kappa shape index (κ3) is 7.30. The largest absolute Gasteiger partial charge is 0.376 e. The number of rotatable bonds is 7. The molecule has 0 spiro atoms. The summed E-state index contributed by atoms with van der Waals surface area (Å²) in [4.78, 5) is 24.6. The zero-order chi connectivity index (χ0) is 18.1. The smallest absolute Gasteiger partial charge is 0.257 e. The van der Waals surface area contributed by atoms with Crippen molar-refractivity contribution < 1.29 is 9.59 Å². The molecule has 0 atom stereocenters. The number of hydrogen-bond donors (Lipinski definition) is 3. The van der Waals surface area contributed by atoms with Crippen molar-refractivity contribution in [3.8, 4) is 0 Å². The Kier molecular flexibility index (Phi) is 7.35. The van der Waals surface area contributed by atoms with Crippen LogP contribution in [0.3, 0.4) is 0 Å². The van der Waals surface area contributed by atoms with Crippen LogP contribution in [0.4, 0.5) is 5.69 Å². The first-order valence-electron chi connectivity index (χ1n) is 8.10. The molecule has 2 aromatic rings. The van der Waals surface area contributed by atoms with E-state index in [9.17, 15) is 9.59 Å². The second kappa shape index (κ2) is 9.74. The van der Waals surface area contributed by atoms with E-state index in [4.69, 9.17) is 0 Å². The maximum absolute atomic E-state index is 11.7. The molecule has 0 unspecified atom stereocenters. The minimum absolute atomic E-state index is 0.0987. The van der Waals surface area contributed by atoms with Gasteiger partial charge >= 0.3 is 0 Å². The van der Waals surface area contributed by atoms with E-state index in [0.29, 0.717) is 12.2 Å². The summed E-state index contributed by atoms with van der Waals surface area (Å²) in [5.41, 5.74) is 8.07. The summed E-state index contributed by atoms with van der Waals surface area (Å²) in [5.74, 6) is 0.162. The number of anilines is 1. The van der Waals surface area contributed by atoms with Crippen LogP contribution < -0.4 is 16.2 Å². The third-order valence-corrected chi connectivity index (χ3v) is 4.48. The third-order valence-electron chi connectivity index (χ3n) is 3.46. The highest BCUT2D eigenvalue weighted by molar-refractivity contribution is 7.99. The molecule has 2 aromatic carbocycles. The molecule has 0 heterocycles. The normalized spacial score (nSPS) is 10.2. The Hall–Kier alpha value is -2.47. The first-order valence-corrected chi connectivity index (χ1v) is 9.09. The summed E-state index contributed by atoms with van der Waals surface area (Å²) in [7, 11) is 0. The number of aryl methyl sites for hydroxylation is 2. The van der Waals surface area contributed by atoms with Gasteiger partial charge in [0.15, 0.2) is 0 Å². The van der Waals surface area contributed by atoms with Crippen LogP contribution >= 0.6 is 11.8 Å². The summed E-state index contributed by atoms with van der Waals surface area (Å²) < 4.78 is 0. The highest BCUT2D eigenvalue weighted by Gasteiger charge is 2.05. The predicted octanol–water partition coefficient (Wildman–Crippen LogP) is 3.05. The lowest BCUT2D eigenvalue weighted by molar-refractivity contribution is -0.127. The lowest BCUT2D eigenvalue weighted by Crippen LogP contribution is -2.44. The summed E-state index contributed by atoms with van der Waals surface area (Å²) in [6, 6.07) is 15.9. The van der Waals surface area contributed by atoms with Crippen molar-refractivity contribution in [3.05, 3.63) is 59.7 Å². The molecule has 3 N–H and O–H groups in total. The van der Waals surface area contributed by atoms with Crippen LogP contribution in [0.1, 0.15) is 17.5 Å². The van der Waals surface area contributed by atoms with Gasteiger partial charge in [-0.3, -0.25) is 20.4 Å². The van der Waals surface area contributed by atoms with Crippen molar-refractivity contribution in [1.29, 1.82) is 0 Å². The number of hydrazine groups is 1. The van der Waals surface area contributed by atoms with E-state index in [0.717, 1.165) is 16.1 Å². The van der Waals surface area contributed by atoms with Gasteiger partial charge in [0.2, 0.25) is 5.91 Å². The fourth-order valence-corrected chi connectivity index (χ4v) is 2.85. The van der Waals surface area contributed by atoms with Gasteiger partial charge in [-0.1, -0.05) is 35.4 Å². The van der Waals surface area contributed by atoms with Gasteiger partial charge < -0.3 is 5.32 Å². The van der Waals surface area contributed by atoms with Crippen LogP contribution in [-0.2, 0) is 9.59 Å². The molecule has 25 heavy (non-hydrogen) atoms. The average Bonchev–Trinajstić information content (AvgIpc) is 2.61. The minimum Gasteiger partial charge on any atom is -0.376 e. The topological polar surface area (TPSA) is 70.2 Å². The van der Waals surface area contributed by atoms with Crippen molar-refractivity contribution in [1.82, 2.24) is 10.9 Å². The van der Waals surface area contributed by atoms with Crippen LogP contribution in [0.25, 0.3) is 0 Å². The fraction of sp³-hybridized carbons (Fsp3) is 0.263. The van der Waals surface area contributed by atoms with Crippen molar-refractivity contribution in [2.75, 3.05) is 17.6 Å². The van der Waals surface area contributed by atoms with Crippen molar-refractivity contribution in [3.63, 3.8) is 0 Å². The summed E-state index contributed by atoms with van der Waals surface area (Å²) >= 11 is 1.61. The van der Waals surface area contributed by atoms with Gasteiger partial charge in [0.1, 0.15) is 0 Å². The summed E-state index contributed by atoms with van der Waals surface area (Å²) in [5, 5.41) is 3.00. The molecule has 0 aliphatic heterocycles. The van der Waals surface area contributed by atoms with Crippen LogP contribution in [0.15, 0.2) is 53.4 Å². The number of amides is 2. The molecule has 0 aliphatic carbocycles. The Morgan fingerprint density at radius 3 is 2.04 bits per heavy atom. The first kappa shape index (κ1) is 18.9. The molecular weight excluding hydrogens is 334 g/mol. The minimum atomic E-state index is -0.292. The summed E-state index contributed by atoms with van der Waals surface area (Å²) in [6.07, 6.45) is 0.338. The van der Waals surface area contributed by atoms with E-state index < -0.39 is 0 Å². The Labute approximate surface area is 152 Å². The number of nitrogens with one attached hydrogen (secondary N) is 3. The highest BCUT2D eigenvalue weighted by Crippen LogP contribution is 2.18. The predicted molar refractivity (Wildman–Crippen MR) is 102 cm³/mol. The SMILES string of the molecule is Cc1ccc(NCC(=O)NNC(=O)CCSc2ccc(C)cc2)cc1. The number of thioether (sulfide) groups is 1. The Balaban J connectivity index is 1.59. The monoisotopic (exact) mass is 357 g/mol. The second-order valence-corrected chi connectivity index (χ2v) is 6.90. The van der Waals surface area contributed by atoms with Gasteiger partial charge in [0.25, 0.3) is 5.91 Å². The van der Waals surface area contributed by atoms with Crippen LogP contribution in [0.5, 0.6) is 0 Å². The number of carbonyl (C=O) groups is 2. The van der Waals surface area contributed by atoms with E-state index in [2.05, 4.69) is 16.2 Å². The van der Waals surface area contributed by atoms with Gasteiger partial charge in [-0.25, -0.2) is 0 Å². The molecule has 132 valence electrons. The van der Waals surface area contributed by atoms with Crippen LogP contribution in [0, 0.1) is 13.8 Å². The van der Waals surface area contributed by atoms with Gasteiger partial charge in [0, 0.05) is 22.8 Å². The van der Waals surface area contributed by atoms with Crippen LogP contribution in [0.2, 0.25) is 0 Å². The van der Waals surface area contributed by atoms with E-state index in [-0.39, 0.29) is 18.4 Å². The molecule has 0 radical (unpaired) electrons. The molecule has 2 amide bonds. The fourth-order valence-electron chi connectivity index (χ4n) is 2.00. The maximum Gasteiger partial charge on any atom is 0.257 e. The molecular formula is C19H23N3O2S. The standard InChI is InChI=1S/C19H23N3O2S/c1-14-3-7-16(8-4-14)20-13-19(24)22-21-18(23)11-12-25-17-9-5-15(2)6-10-17/h3-10,20H,11-13H2,1-2H3,(H,21,23)(H,22,24). The van der Waals surface area contributed by atoms with E-state index >= 15 is 0 Å². The lowest BCUT2D eigenvalue weighted by Gasteiger charge is -2.09. The molecule has 2 rings (SSSR count). The first-order chi connectivity index (χ1) is 12.0. The van der Waals surface area contributed by atoms with Gasteiger partial charge in [-0.2, -0.15) is 0 Å². The molecule has 0 saturated heterocycles. The molecule has 6 heteroatoms. The Bertz CT molecular complexity index is 700. The Morgan fingerprint density at radius 1 is 0.840 bits per heavy atom. The molecule has 0 fully saturated rings. The number of benzene rings is 2. The second-order valence-electron chi connectivity index (χ2n) is 5.73. The molecule has 0 bridgehead atoms. The quantitative estimate of drug-likeness (QED) is 0.526. The maximum atomic E-state index is 11.7. The summed E-state index contributed by atoms with van der Waals surface area (Å²) in [6.45, 7) is 4.14. The molecule has 5 nitrogen and oxygen atoms in total. The Morgan fingerprint density at radius 2 is 1.40 bits per heavy atom. The van der Waals surface area contributed by atoms with Crippen molar-refractivity contribution >= 4 is 29.3 Å². The lowest BCUT2D eigenvalue weighted by atomic mass is 10.2. The highest BCUT2D eigenvalue weighted by atomic mass is 32.2. The van der Waals surface area contributed by atoms with Crippen molar-refractivity contribution in [2.24, 2.45) is 0 Å². The molecule has 0 aliphatic rings. The van der Waals surface area contributed by atoms with Gasteiger partial charge in [-0.05, 0) is 38.1 Å². The van der Waals surface area contributed by atoms with Crippen molar-refractivity contribution in [2.45, 2.75) is 25.2 Å². The van der Waals surface area contributed by atoms with E-state index in [1.54, 1.807) is 11.8 Å². The number of carbonyl (C=O) groups excluding carboxylic acids is 2. The van der Waals surface area contributed by atoms with E-state index in [1.807, 2.05) is 62.4 Å². The zero-order valence-electron chi connectivity index (χ0n) is 14.5. The zero-order valence-corrected chi connectivity index (χ0v) is 15.3. The van der Waals surface area contributed by atoms with Gasteiger partial charge in [0.05, 0.1) is 6.54 Å². The average molecular weight is 357 g/mol.